The molecule has 0 amide bonds. The van der Waals surface area contributed by atoms with E-state index < -0.39 is 0 Å². The van der Waals surface area contributed by atoms with Gasteiger partial charge in [0.15, 0.2) is 0 Å². The zero-order chi connectivity index (χ0) is 18.0. The van der Waals surface area contributed by atoms with Crippen LogP contribution in [0.2, 0.25) is 0 Å². The van der Waals surface area contributed by atoms with Crippen molar-refractivity contribution in [3.05, 3.63) is 83.3 Å². The Kier molecular flexibility index (Phi) is 3.46. The van der Waals surface area contributed by atoms with Gasteiger partial charge >= 0.3 is 0 Å². The molecule has 3 heteroatoms. The molecule has 6 aromatic rings. The third-order valence-corrected chi connectivity index (χ3v) is 7.94. The molecule has 0 aliphatic rings. The Morgan fingerprint density at radius 2 is 1.00 bits per heavy atom. The van der Waals surface area contributed by atoms with Crippen molar-refractivity contribution < 1.29 is 0 Å². The molecule has 2 heterocycles. The summed E-state index contributed by atoms with van der Waals surface area (Å²) in [4.78, 5) is 0. The minimum Gasteiger partial charge on any atom is -0.135 e. The summed E-state index contributed by atoms with van der Waals surface area (Å²) < 4.78 is 6.52. The van der Waals surface area contributed by atoms with Crippen molar-refractivity contribution in [1.29, 1.82) is 0 Å². The Morgan fingerprint density at radius 1 is 0.481 bits per heavy atom. The minimum absolute atomic E-state index is 1.13. The first-order valence-electron chi connectivity index (χ1n) is 8.80. The Bertz CT molecular complexity index is 1490. The van der Waals surface area contributed by atoms with Crippen LogP contribution in [0.1, 0.15) is 0 Å². The van der Waals surface area contributed by atoms with E-state index in [0.717, 1.165) is 4.47 Å². The van der Waals surface area contributed by atoms with E-state index in [2.05, 4.69) is 94.8 Å². The summed E-state index contributed by atoms with van der Waals surface area (Å²) in [7, 11) is 0. The average molecular weight is 445 g/mol. The Labute approximate surface area is 172 Å². The number of rotatable bonds is 1. The van der Waals surface area contributed by atoms with Crippen LogP contribution in [0.3, 0.4) is 0 Å². The molecule has 2 aromatic heterocycles. The summed E-state index contributed by atoms with van der Waals surface area (Å²) in [5, 5.41) is 5.37. The second-order valence-electron chi connectivity index (χ2n) is 6.76. The zero-order valence-corrected chi connectivity index (χ0v) is 17.4. The molecule has 4 aromatic carbocycles. The number of hydrogen-bond donors (Lipinski definition) is 0. The molecule has 128 valence electrons. The normalized spacial score (nSPS) is 11.9. The van der Waals surface area contributed by atoms with Gasteiger partial charge in [-0.2, -0.15) is 0 Å². The fraction of sp³-hybridized carbons (Fsp3) is 0. The van der Waals surface area contributed by atoms with Gasteiger partial charge in [0, 0.05) is 44.8 Å². The first-order chi connectivity index (χ1) is 13.3. The van der Waals surface area contributed by atoms with Gasteiger partial charge in [-0.1, -0.05) is 46.3 Å². The van der Waals surface area contributed by atoms with Crippen molar-refractivity contribution in [1.82, 2.24) is 0 Å². The molecule has 0 nitrogen and oxygen atoms in total. The predicted molar refractivity (Wildman–Crippen MR) is 125 cm³/mol. The molecule has 0 aliphatic carbocycles. The average Bonchev–Trinajstić information content (AvgIpc) is 3.25. The van der Waals surface area contributed by atoms with E-state index in [0.29, 0.717) is 0 Å². The van der Waals surface area contributed by atoms with Gasteiger partial charge in [-0.05, 0) is 59.7 Å². The summed E-state index contributed by atoms with van der Waals surface area (Å²) in [6.07, 6.45) is 0. The van der Waals surface area contributed by atoms with E-state index in [4.69, 9.17) is 0 Å². The second-order valence-corrected chi connectivity index (χ2v) is 9.85. The predicted octanol–water partition coefficient (Wildman–Crippen LogP) is 8.85. The standard InChI is InChI=1S/C24H13BrS2/c25-16-7-10-24-20(13-16)19-12-15(6-9-23(19)27-24)14-5-8-22-18(11-14)17-3-1-2-4-21(17)26-22/h1-13H. The lowest BCUT2D eigenvalue weighted by Crippen LogP contribution is -1.78. The van der Waals surface area contributed by atoms with Crippen molar-refractivity contribution in [2.45, 2.75) is 0 Å². The summed E-state index contributed by atoms with van der Waals surface area (Å²) in [6, 6.07) is 29.0. The number of hydrogen-bond acceptors (Lipinski definition) is 2. The van der Waals surface area contributed by atoms with Gasteiger partial charge in [0.05, 0.1) is 0 Å². The Morgan fingerprint density at radius 3 is 1.70 bits per heavy atom. The Hall–Kier alpha value is -2.20. The number of thiophene rings is 2. The van der Waals surface area contributed by atoms with Crippen molar-refractivity contribution in [2.75, 3.05) is 0 Å². The molecular weight excluding hydrogens is 432 g/mol. The van der Waals surface area contributed by atoms with Gasteiger partial charge in [-0.15, -0.1) is 22.7 Å². The van der Waals surface area contributed by atoms with Crippen molar-refractivity contribution in [3.8, 4) is 11.1 Å². The quantitative estimate of drug-likeness (QED) is 0.237. The summed E-state index contributed by atoms with van der Waals surface area (Å²) in [5.41, 5.74) is 2.56. The van der Waals surface area contributed by atoms with Crippen LogP contribution in [-0.2, 0) is 0 Å². The maximum absolute atomic E-state index is 3.62. The molecule has 0 bridgehead atoms. The molecule has 0 unspecified atom stereocenters. The highest BCUT2D eigenvalue weighted by atomic mass is 79.9. The largest absolute Gasteiger partial charge is 0.135 e. The molecule has 0 atom stereocenters. The minimum atomic E-state index is 1.13. The molecule has 0 N–H and O–H groups in total. The van der Waals surface area contributed by atoms with Gasteiger partial charge in [-0.3, -0.25) is 0 Å². The van der Waals surface area contributed by atoms with Gasteiger partial charge in [0.1, 0.15) is 0 Å². The fourth-order valence-corrected chi connectivity index (χ4v) is 6.35. The number of fused-ring (bicyclic) bond motifs is 6. The van der Waals surface area contributed by atoms with Gasteiger partial charge < -0.3 is 0 Å². The molecular formula is C24H13BrS2. The summed E-state index contributed by atoms with van der Waals surface area (Å²) in [5.74, 6) is 0. The monoisotopic (exact) mass is 444 g/mol. The molecule has 27 heavy (non-hydrogen) atoms. The van der Waals surface area contributed by atoms with Crippen LogP contribution in [-0.4, -0.2) is 0 Å². The lowest BCUT2D eigenvalue weighted by molar-refractivity contribution is 1.72. The third kappa shape index (κ3) is 2.46. The van der Waals surface area contributed by atoms with Crippen LogP contribution in [0, 0.1) is 0 Å². The summed E-state index contributed by atoms with van der Waals surface area (Å²) in [6.45, 7) is 0. The van der Waals surface area contributed by atoms with Gasteiger partial charge in [-0.25, -0.2) is 0 Å². The SMILES string of the molecule is Brc1ccc2sc3ccc(-c4ccc5sc6ccccc6c5c4)cc3c2c1. The van der Waals surface area contributed by atoms with Gasteiger partial charge in [0.2, 0.25) is 0 Å². The van der Waals surface area contributed by atoms with Crippen LogP contribution in [0.5, 0.6) is 0 Å². The summed E-state index contributed by atoms with van der Waals surface area (Å²) >= 11 is 7.35. The Balaban J connectivity index is 1.61. The fourth-order valence-electron chi connectivity index (χ4n) is 3.83. The first-order valence-corrected chi connectivity index (χ1v) is 11.2. The smallest absolute Gasteiger partial charge is 0.0356 e. The molecule has 0 spiro atoms. The highest BCUT2D eigenvalue weighted by molar-refractivity contribution is 9.10. The maximum atomic E-state index is 3.62. The van der Waals surface area contributed by atoms with E-state index in [-0.39, 0.29) is 0 Å². The number of halogens is 1. The third-order valence-electron chi connectivity index (χ3n) is 5.14. The van der Waals surface area contributed by atoms with E-state index in [9.17, 15) is 0 Å². The second kappa shape index (κ2) is 5.90. The van der Waals surface area contributed by atoms with Crippen LogP contribution >= 0.6 is 38.6 Å². The molecule has 6 rings (SSSR count). The maximum Gasteiger partial charge on any atom is 0.0356 e. The molecule has 0 fully saturated rings. The van der Waals surface area contributed by atoms with Crippen LogP contribution in [0.4, 0.5) is 0 Å². The lowest BCUT2D eigenvalue weighted by Gasteiger charge is -2.03. The van der Waals surface area contributed by atoms with Gasteiger partial charge in [0.25, 0.3) is 0 Å². The van der Waals surface area contributed by atoms with E-state index in [1.54, 1.807) is 0 Å². The zero-order valence-electron chi connectivity index (χ0n) is 14.2. The van der Waals surface area contributed by atoms with E-state index in [1.807, 2.05) is 22.7 Å². The van der Waals surface area contributed by atoms with Crippen LogP contribution < -0.4 is 0 Å². The van der Waals surface area contributed by atoms with Crippen molar-refractivity contribution in [3.63, 3.8) is 0 Å². The van der Waals surface area contributed by atoms with E-state index >= 15 is 0 Å². The highest BCUT2D eigenvalue weighted by Crippen LogP contribution is 2.39. The van der Waals surface area contributed by atoms with Crippen molar-refractivity contribution >= 4 is 78.9 Å². The topological polar surface area (TPSA) is 0 Å². The molecule has 0 saturated carbocycles. The van der Waals surface area contributed by atoms with Crippen LogP contribution in [0.25, 0.3) is 51.5 Å². The van der Waals surface area contributed by atoms with Crippen molar-refractivity contribution in [2.24, 2.45) is 0 Å². The molecule has 0 saturated heterocycles. The van der Waals surface area contributed by atoms with E-state index in [1.165, 1.54) is 51.5 Å². The first kappa shape index (κ1) is 15.8. The van der Waals surface area contributed by atoms with Crippen LogP contribution in [0.15, 0.2) is 83.3 Å². The molecule has 0 aliphatic heterocycles. The lowest BCUT2D eigenvalue weighted by atomic mass is 10.0. The highest BCUT2D eigenvalue weighted by Gasteiger charge is 2.10. The number of benzene rings is 4. The molecule has 0 radical (unpaired) electrons.